The summed E-state index contributed by atoms with van der Waals surface area (Å²) in [6.45, 7) is 3.74. The summed E-state index contributed by atoms with van der Waals surface area (Å²) in [6.07, 6.45) is 4.65. The number of hydrogen-bond donors (Lipinski definition) is 1. The minimum Gasteiger partial charge on any atom is -0.352 e. The van der Waals surface area contributed by atoms with Crippen LogP contribution in [-0.4, -0.2) is 29.8 Å². The first-order chi connectivity index (χ1) is 9.66. The van der Waals surface area contributed by atoms with Crippen LogP contribution in [0.1, 0.15) is 48.5 Å². The van der Waals surface area contributed by atoms with E-state index in [1.807, 2.05) is 29.2 Å². The summed E-state index contributed by atoms with van der Waals surface area (Å²) in [4.78, 5) is 25.2. The van der Waals surface area contributed by atoms with Crippen molar-refractivity contribution in [2.45, 2.75) is 39.2 Å². The Morgan fingerprint density at radius 3 is 2.20 bits per heavy atom. The second-order valence-electron chi connectivity index (χ2n) is 5.31. The molecule has 0 unspecified atom stereocenters. The number of carbonyl (C=O) groups excluding carboxylic acids is 2. The molecule has 0 saturated carbocycles. The van der Waals surface area contributed by atoms with Crippen LogP contribution in [0.3, 0.4) is 0 Å². The van der Waals surface area contributed by atoms with Crippen molar-refractivity contribution >= 4 is 11.8 Å². The van der Waals surface area contributed by atoms with E-state index in [9.17, 15) is 9.59 Å². The predicted molar refractivity (Wildman–Crippen MR) is 78.3 cm³/mol. The van der Waals surface area contributed by atoms with Crippen molar-refractivity contribution in [1.29, 1.82) is 0 Å². The van der Waals surface area contributed by atoms with Gasteiger partial charge in [-0.1, -0.05) is 25.0 Å². The quantitative estimate of drug-likeness (QED) is 0.919. The van der Waals surface area contributed by atoms with Crippen LogP contribution < -0.4 is 5.32 Å². The van der Waals surface area contributed by atoms with E-state index >= 15 is 0 Å². The number of hydrogen-bond acceptors (Lipinski definition) is 2. The van der Waals surface area contributed by atoms with Gasteiger partial charge in [0.15, 0.2) is 0 Å². The minimum absolute atomic E-state index is 0.0466. The zero-order valence-electron chi connectivity index (χ0n) is 12.0. The normalized spacial score (nSPS) is 15.6. The van der Waals surface area contributed by atoms with Crippen molar-refractivity contribution in [1.82, 2.24) is 10.2 Å². The largest absolute Gasteiger partial charge is 0.352 e. The maximum Gasteiger partial charge on any atom is 0.253 e. The molecule has 1 aliphatic heterocycles. The van der Waals surface area contributed by atoms with Gasteiger partial charge in [0.05, 0.1) is 0 Å². The lowest BCUT2D eigenvalue weighted by Gasteiger charge is -2.20. The van der Waals surface area contributed by atoms with Crippen molar-refractivity contribution in [3.63, 3.8) is 0 Å². The standard InChI is InChI=1S/C16H22N2O2/c1-13(19)17-12-14-6-8-15(9-7-14)16(20)18-10-4-2-3-5-11-18/h6-9H,2-5,10-12H2,1H3,(H,17,19). The van der Waals surface area contributed by atoms with Crippen LogP contribution in [0.2, 0.25) is 0 Å². The number of rotatable bonds is 3. The Balaban J connectivity index is 1.97. The van der Waals surface area contributed by atoms with Crippen LogP contribution >= 0.6 is 0 Å². The van der Waals surface area contributed by atoms with Gasteiger partial charge in [-0.25, -0.2) is 0 Å². The van der Waals surface area contributed by atoms with Gasteiger partial charge >= 0.3 is 0 Å². The van der Waals surface area contributed by atoms with Gasteiger partial charge in [0, 0.05) is 32.1 Å². The lowest BCUT2D eigenvalue weighted by molar-refractivity contribution is -0.119. The van der Waals surface area contributed by atoms with Crippen molar-refractivity contribution in [2.24, 2.45) is 0 Å². The summed E-state index contributed by atoms with van der Waals surface area (Å²) in [6, 6.07) is 7.51. The number of likely N-dealkylation sites (tertiary alicyclic amines) is 1. The highest BCUT2D eigenvalue weighted by atomic mass is 16.2. The smallest absolute Gasteiger partial charge is 0.253 e. The van der Waals surface area contributed by atoms with E-state index in [1.54, 1.807) is 0 Å². The van der Waals surface area contributed by atoms with Crippen LogP contribution in [0.4, 0.5) is 0 Å². The highest BCUT2D eigenvalue weighted by molar-refractivity contribution is 5.94. The van der Waals surface area contributed by atoms with Gasteiger partial charge in [-0.2, -0.15) is 0 Å². The van der Waals surface area contributed by atoms with Crippen LogP contribution in [0.5, 0.6) is 0 Å². The van der Waals surface area contributed by atoms with Crippen molar-refractivity contribution in [3.05, 3.63) is 35.4 Å². The molecule has 108 valence electrons. The SMILES string of the molecule is CC(=O)NCc1ccc(C(=O)N2CCCCCC2)cc1. The lowest BCUT2D eigenvalue weighted by Crippen LogP contribution is -2.31. The first-order valence-corrected chi connectivity index (χ1v) is 7.29. The second-order valence-corrected chi connectivity index (χ2v) is 5.31. The third-order valence-corrected chi connectivity index (χ3v) is 3.64. The summed E-state index contributed by atoms with van der Waals surface area (Å²) in [7, 11) is 0. The van der Waals surface area contributed by atoms with Gasteiger partial charge in [0.2, 0.25) is 5.91 Å². The van der Waals surface area contributed by atoms with Gasteiger partial charge in [-0.3, -0.25) is 9.59 Å². The topological polar surface area (TPSA) is 49.4 Å². The molecule has 2 rings (SSSR count). The first kappa shape index (κ1) is 14.6. The fourth-order valence-corrected chi connectivity index (χ4v) is 2.45. The van der Waals surface area contributed by atoms with Crippen LogP contribution in [-0.2, 0) is 11.3 Å². The molecule has 4 heteroatoms. The molecule has 1 aliphatic rings. The predicted octanol–water partition coefficient (Wildman–Crippen LogP) is 2.34. The molecule has 4 nitrogen and oxygen atoms in total. The summed E-state index contributed by atoms with van der Waals surface area (Å²) >= 11 is 0. The van der Waals surface area contributed by atoms with Crippen molar-refractivity contribution < 1.29 is 9.59 Å². The molecule has 1 aromatic carbocycles. The second kappa shape index (κ2) is 7.08. The van der Waals surface area contributed by atoms with Crippen LogP contribution in [0.15, 0.2) is 24.3 Å². The molecule has 0 bridgehead atoms. The summed E-state index contributed by atoms with van der Waals surface area (Å²) in [5.74, 6) is 0.0766. The van der Waals surface area contributed by atoms with E-state index in [0.717, 1.165) is 37.1 Å². The molecule has 1 aromatic rings. The highest BCUT2D eigenvalue weighted by Gasteiger charge is 2.16. The molecule has 0 radical (unpaired) electrons. The zero-order valence-corrected chi connectivity index (χ0v) is 12.0. The Labute approximate surface area is 120 Å². The van der Waals surface area contributed by atoms with Crippen LogP contribution in [0.25, 0.3) is 0 Å². The molecular formula is C16H22N2O2. The van der Waals surface area contributed by atoms with Crippen LogP contribution in [0, 0.1) is 0 Å². The molecule has 1 fully saturated rings. The van der Waals surface area contributed by atoms with Crippen molar-refractivity contribution in [2.75, 3.05) is 13.1 Å². The molecule has 20 heavy (non-hydrogen) atoms. The average molecular weight is 274 g/mol. The molecular weight excluding hydrogens is 252 g/mol. The zero-order chi connectivity index (χ0) is 14.4. The van der Waals surface area contributed by atoms with Gasteiger partial charge < -0.3 is 10.2 Å². The minimum atomic E-state index is -0.0466. The van der Waals surface area contributed by atoms with Gasteiger partial charge in [-0.05, 0) is 30.5 Å². The average Bonchev–Trinajstić information content (AvgIpc) is 2.74. The molecule has 0 aromatic heterocycles. The molecule has 0 spiro atoms. The van der Waals surface area contributed by atoms with E-state index in [4.69, 9.17) is 0 Å². The molecule has 1 saturated heterocycles. The number of benzene rings is 1. The Hall–Kier alpha value is -1.84. The van der Waals surface area contributed by atoms with Crippen molar-refractivity contribution in [3.8, 4) is 0 Å². The molecule has 0 aliphatic carbocycles. The summed E-state index contributed by atoms with van der Waals surface area (Å²) in [5.41, 5.74) is 1.74. The lowest BCUT2D eigenvalue weighted by atomic mass is 10.1. The van der Waals surface area contributed by atoms with E-state index < -0.39 is 0 Å². The Morgan fingerprint density at radius 1 is 1.05 bits per heavy atom. The maximum absolute atomic E-state index is 12.4. The van der Waals surface area contributed by atoms with Gasteiger partial charge in [-0.15, -0.1) is 0 Å². The third-order valence-electron chi connectivity index (χ3n) is 3.64. The fourth-order valence-electron chi connectivity index (χ4n) is 2.45. The number of nitrogens with zero attached hydrogens (tertiary/aromatic N) is 1. The molecule has 0 atom stereocenters. The number of carbonyl (C=O) groups is 2. The van der Waals surface area contributed by atoms with E-state index in [-0.39, 0.29) is 11.8 Å². The fraction of sp³-hybridized carbons (Fsp3) is 0.500. The summed E-state index contributed by atoms with van der Waals surface area (Å²) in [5, 5.41) is 2.75. The first-order valence-electron chi connectivity index (χ1n) is 7.29. The monoisotopic (exact) mass is 274 g/mol. The molecule has 1 N–H and O–H groups in total. The Bertz CT molecular complexity index is 460. The highest BCUT2D eigenvalue weighted by Crippen LogP contribution is 2.14. The van der Waals surface area contributed by atoms with E-state index in [0.29, 0.717) is 6.54 Å². The third kappa shape index (κ3) is 4.08. The van der Waals surface area contributed by atoms with Gasteiger partial charge in [0.25, 0.3) is 5.91 Å². The molecule has 1 heterocycles. The Kier molecular flexibility index (Phi) is 5.16. The van der Waals surface area contributed by atoms with Gasteiger partial charge in [0.1, 0.15) is 0 Å². The maximum atomic E-state index is 12.4. The number of nitrogens with one attached hydrogen (secondary N) is 1. The van der Waals surface area contributed by atoms with E-state index in [1.165, 1.54) is 19.8 Å². The summed E-state index contributed by atoms with van der Waals surface area (Å²) < 4.78 is 0. The molecule has 2 amide bonds. The number of amides is 2. The Morgan fingerprint density at radius 2 is 1.65 bits per heavy atom. The van der Waals surface area contributed by atoms with E-state index in [2.05, 4.69) is 5.32 Å².